The van der Waals surface area contributed by atoms with Gasteiger partial charge in [-0.1, -0.05) is 13.8 Å². The highest BCUT2D eigenvalue weighted by Crippen LogP contribution is 2.31. The van der Waals surface area contributed by atoms with Crippen LogP contribution in [-0.4, -0.2) is 29.0 Å². The molecule has 3 nitrogen and oxygen atoms in total. The van der Waals surface area contributed by atoms with Crippen molar-refractivity contribution in [2.24, 2.45) is 11.1 Å². The maximum absolute atomic E-state index is 5.88. The van der Waals surface area contributed by atoms with Gasteiger partial charge in [0.25, 0.3) is 0 Å². The fourth-order valence-electron chi connectivity index (χ4n) is 1.80. The lowest BCUT2D eigenvalue weighted by Crippen LogP contribution is -2.37. The van der Waals surface area contributed by atoms with Crippen LogP contribution in [0.25, 0.3) is 0 Å². The lowest BCUT2D eigenvalue weighted by molar-refractivity contribution is 0.188. The van der Waals surface area contributed by atoms with E-state index in [1.165, 1.54) is 0 Å². The van der Waals surface area contributed by atoms with Gasteiger partial charge >= 0.3 is 9.28 Å². The Morgan fingerprint density at radius 3 is 1.73 bits per heavy atom. The molecule has 0 saturated carbocycles. The summed E-state index contributed by atoms with van der Waals surface area (Å²) in [4.78, 5) is 0. The highest BCUT2D eigenvalue weighted by molar-refractivity contribution is 6.44. The number of hydrogen-bond acceptors (Lipinski definition) is 3. The van der Waals surface area contributed by atoms with Crippen LogP contribution in [0.4, 0.5) is 0 Å². The Balaban J connectivity index is 4.30. The molecule has 4 heteroatoms. The van der Waals surface area contributed by atoms with Crippen molar-refractivity contribution in [2.75, 3.05) is 19.8 Å². The van der Waals surface area contributed by atoms with Gasteiger partial charge in [0.2, 0.25) is 0 Å². The molecule has 2 N–H and O–H groups in total. The number of nitrogens with two attached hydrogens (primary N) is 1. The summed E-state index contributed by atoms with van der Waals surface area (Å²) in [6.07, 6.45) is 2.23. The van der Waals surface area contributed by atoms with E-state index in [1.54, 1.807) is 0 Å². The third-order valence-corrected chi connectivity index (χ3v) is 5.85. The quantitative estimate of drug-likeness (QED) is 0.620. The first-order chi connectivity index (χ1) is 7.17. The molecule has 0 unspecified atom stereocenters. The average Bonchev–Trinajstić information content (AvgIpc) is 2.27. The summed E-state index contributed by atoms with van der Waals surface area (Å²) in [5, 5.41) is 0. The van der Waals surface area contributed by atoms with E-state index in [2.05, 4.69) is 13.8 Å². The van der Waals surface area contributed by atoms with Crippen LogP contribution in [0, 0.1) is 5.41 Å². The average molecular weight is 233 g/mol. The second-order valence-electron chi connectivity index (χ2n) is 3.96. The standard InChI is InChI=1S/C11H27NO2Si/c1-5-11(6-2,9-12)10-15(13-7-3)14-8-4/h15H,5-10,12H2,1-4H3. The Morgan fingerprint density at radius 1 is 1.00 bits per heavy atom. The molecule has 92 valence electrons. The van der Waals surface area contributed by atoms with Crippen molar-refractivity contribution in [3.8, 4) is 0 Å². The van der Waals surface area contributed by atoms with E-state index in [1.807, 2.05) is 13.8 Å². The van der Waals surface area contributed by atoms with E-state index in [0.29, 0.717) is 0 Å². The fourth-order valence-corrected chi connectivity index (χ4v) is 4.33. The van der Waals surface area contributed by atoms with E-state index in [4.69, 9.17) is 14.6 Å². The first-order valence-electron chi connectivity index (χ1n) is 6.11. The zero-order chi connectivity index (χ0) is 11.7. The van der Waals surface area contributed by atoms with Crippen molar-refractivity contribution in [3.63, 3.8) is 0 Å². The molecule has 0 atom stereocenters. The molecular weight excluding hydrogens is 206 g/mol. The molecule has 0 aromatic rings. The third-order valence-electron chi connectivity index (χ3n) is 3.24. The van der Waals surface area contributed by atoms with E-state index < -0.39 is 9.28 Å². The van der Waals surface area contributed by atoms with Gasteiger partial charge in [0.15, 0.2) is 0 Å². The van der Waals surface area contributed by atoms with Gasteiger partial charge in [0, 0.05) is 13.2 Å². The molecule has 0 amide bonds. The molecule has 0 aliphatic carbocycles. The number of hydrogen-bond donors (Lipinski definition) is 1. The van der Waals surface area contributed by atoms with Gasteiger partial charge in [-0.15, -0.1) is 0 Å². The minimum Gasteiger partial charge on any atom is -0.397 e. The van der Waals surface area contributed by atoms with E-state index in [-0.39, 0.29) is 5.41 Å². The maximum atomic E-state index is 5.88. The first kappa shape index (κ1) is 15.1. The molecule has 0 bridgehead atoms. The normalized spacial score (nSPS) is 12.4. The van der Waals surface area contributed by atoms with Crippen molar-refractivity contribution >= 4 is 9.28 Å². The van der Waals surface area contributed by atoms with Gasteiger partial charge in [0.05, 0.1) is 0 Å². The van der Waals surface area contributed by atoms with Crippen LogP contribution in [0.5, 0.6) is 0 Å². The summed E-state index contributed by atoms with van der Waals surface area (Å²) in [5.74, 6) is 0. The summed E-state index contributed by atoms with van der Waals surface area (Å²) in [7, 11) is -1.49. The van der Waals surface area contributed by atoms with Gasteiger partial charge < -0.3 is 14.6 Å². The molecule has 0 saturated heterocycles. The van der Waals surface area contributed by atoms with Crippen molar-refractivity contribution in [3.05, 3.63) is 0 Å². The van der Waals surface area contributed by atoms with Crippen molar-refractivity contribution in [1.82, 2.24) is 0 Å². The van der Waals surface area contributed by atoms with Gasteiger partial charge in [-0.2, -0.15) is 0 Å². The molecule has 0 rings (SSSR count). The summed E-state index contributed by atoms with van der Waals surface area (Å²) in [6, 6.07) is 1.04. The Bertz CT molecular complexity index is 137. The topological polar surface area (TPSA) is 44.5 Å². The minimum absolute atomic E-state index is 0.237. The SMILES string of the molecule is CCO[SiH](CC(CC)(CC)CN)OCC. The first-order valence-corrected chi connectivity index (χ1v) is 7.87. The zero-order valence-corrected chi connectivity index (χ0v) is 11.9. The molecule has 0 aromatic carbocycles. The predicted molar refractivity (Wildman–Crippen MR) is 67.3 cm³/mol. The van der Waals surface area contributed by atoms with Crippen molar-refractivity contribution in [2.45, 2.75) is 46.6 Å². The summed E-state index contributed by atoms with van der Waals surface area (Å²) >= 11 is 0. The van der Waals surface area contributed by atoms with Crippen LogP contribution < -0.4 is 5.73 Å². The lowest BCUT2D eigenvalue weighted by Gasteiger charge is -2.32. The van der Waals surface area contributed by atoms with Crippen LogP contribution in [0.2, 0.25) is 6.04 Å². The molecule has 0 spiro atoms. The molecule has 0 fully saturated rings. The minimum atomic E-state index is -1.49. The molecule has 0 aromatic heterocycles. The van der Waals surface area contributed by atoms with Crippen molar-refractivity contribution < 1.29 is 8.85 Å². The third kappa shape index (κ3) is 5.11. The molecule has 0 radical (unpaired) electrons. The van der Waals surface area contributed by atoms with Gasteiger partial charge in [-0.05, 0) is 44.7 Å². The second kappa shape index (κ2) is 8.27. The van der Waals surface area contributed by atoms with Crippen LogP contribution in [0.3, 0.4) is 0 Å². The van der Waals surface area contributed by atoms with E-state index in [0.717, 1.165) is 38.6 Å². The van der Waals surface area contributed by atoms with Crippen LogP contribution >= 0.6 is 0 Å². The summed E-state index contributed by atoms with van der Waals surface area (Å²) < 4.78 is 11.4. The molecule has 0 aliphatic heterocycles. The van der Waals surface area contributed by atoms with Gasteiger partial charge in [-0.3, -0.25) is 0 Å². The Morgan fingerprint density at radius 2 is 1.47 bits per heavy atom. The Hall–Kier alpha value is 0.0969. The predicted octanol–water partition coefficient (Wildman–Crippen LogP) is 2.04. The smallest absolute Gasteiger partial charge is 0.322 e. The fraction of sp³-hybridized carbons (Fsp3) is 1.00. The second-order valence-corrected chi connectivity index (χ2v) is 5.89. The van der Waals surface area contributed by atoms with E-state index >= 15 is 0 Å². The van der Waals surface area contributed by atoms with Crippen LogP contribution in [0.15, 0.2) is 0 Å². The van der Waals surface area contributed by atoms with Crippen LogP contribution in [-0.2, 0) is 8.85 Å². The molecular formula is C11H27NO2Si. The highest BCUT2D eigenvalue weighted by atomic mass is 28.3. The maximum Gasteiger partial charge on any atom is 0.322 e. The zero-order valence-electron chi connectivity index (χ0n) is 10.7. The number of rotatable bonds is 9. The van der Waals surface area contributed by atoms with Crippen LogP contribution in [0.1, 0.15) is 40.5 Å². The Labute approximate surface area is 96.2 Å². The monoisotopic (exact) mass is 233 g/mol. The van der Waals surface area contributed by atoms with Crippen molar-refractivity contribution in [1.29, 1.82) is 0 Å². The lowest BCUT2D eigenvalue weighted by atomic mass is 9.85. The van der Waals surface area contributed by atoms with E-state index in [9.17, 15) is 0 Å². The highest BCUT2D eigenvalue weighted by Gasteiger charge is 2.30. The summed E-state index contributed by atoms with van der Waals surface area (Å²) in [6.45, 7) is 10.7. The molecule has 0 heterocycles. The molecule has 15 heavy (non-hydrogen) atoms. The largest absolute Gasteiger partial charge is 0.397 e. The summed E-state index contributed by atoms with van der Waals surface area (Å²) in [5.41, 5.74) is 6.12. The van der Waals surface area contributed by atoms with Gasteiger partial charge in [0.1, 0.15) is 0 Å². The molecule has 0 aliphatic rings. The van der Waals surface area contributed by atoms with Gasteiger partial charge in [-0.25, -0.2) is 0 Å². The Kier molecular flexibility index (Phi) is 8.33.